The van der Waals surface area contributed by atoms with Gasteiger partial charge in [0.25, 0.3) is 0 Å². The van der Waals surface area contributed by atoms with Crippen LogP contribution in [0.5, 0.6) is 0 Å². The van der Waals surface area contributed by atoms with Crippen LogP contribution in [-0.2, 0) is 52.2 Å². The Morgan fingerprint density at radius 3 is 2.14 bits per heavy atom. The Morgan fingerprint density at radius 2 is 1.48 bits per heavy atom. The van der Waals surface area contributed by atoms with E-state index in [-0.39, 0.29) is 34.7 Å². The molecule has 19 nitrogen and oxygen atoms in total. The summed E-state index contributed by atoms with van der Waals surface area (Å²) in [5.74, 6) is -0.00243. The molecule has 0 amide bonds. The van der Waals surface area contributed by atoms with Gasteiger partial charge in [-0.25, -0.2) is 4.79 Å². The van der Waals surface area contributed by atoms with Gasteiger partial charge in [-0.1, -0.05) is 13.8 Å². The number of ether oxygens (including phenoxy) is 9. The molecule has 0 aromatic carbocycles. The minimum absolute atomic E-state index is 0.0235. The molecular weight excluding hydrogens is 832 g/mol. The Kier molecular flexibility index (Phi) is 13.8. The van der Waals surface area contributed by atoms with Crippen molar-refractivity contribution in [1.29, 1.82) is 0 Å². The van der Waals surface area contributed by atoms with Gasteiger partial charge in [-0.3, -0.25) is 4.79 Å². The number of hydrogen-bond donors (Lipinski definition) is 8. The van der Waals surface area contributed by atoms with Gasteiger partial charge >= 0.3 is 11.9 Å². The van der Waals surface area contributed by atoms with Crippen LogP contribution in [0.1, 0.15) is 85.5 Å². The number of fused-ring (bicyclic) bond motifs is 5. The van der Waals surface area contributed by atoms with Crippen LogP contribution in [0.4, 0.5) is 0 Å². The molecule has 4 saturated carbocycles. The van der Waals surface area contributed by atoms with Crippen molar-refractivity contribution >= 4 is 11.9 Å². The summed E-state index contributed by atoms with van der Waals surface area (Å²) in [6, 6.07) is 0. The molecule has 4 aliphatic carbocycles. The predicted molar refractivity (Wildman–Crippen MR) is 213 cm³/mol. The van der Waals surface area contributed by atoms with Crippen molar-refractivity contribution in [3.05, 3.63) is 11.6 Å². The molecule has 0 bridgehead atoms. The Morgan fingerprint density at radius 1 is 0.778 bits per heavy atom. The maximum atomic E-state index is 12.7. The van der Waals surface area contributed by atoms with E-state index in [0.717, 1.165) is 50.5 Å². The van der Waals surface area contributed by atoms with Gasteiger partial charge in [-0.05, 0) is 99.4 Å². The Balaban J connectivity index is 0.915. The van der Waals surface area contributed by atoms with E-state index in [4.69, 9.17) is 42.6 Å². The molecule has 8 rings (SSSR count). The molecule has 0 radical (unpaired) electrons. The van der Waals surface area contributed by atoms with Crippen molar-refractivity contribution in [1.82, 2.24) is 0 Å². The summed E-state index contributed by atoms with van der Waals surface area (Å²) in [5.41, 5.74) is -0.164. The molecule has 7 fully saturated rings. The molecule has 0 aromatic rings. The number of carbonyl (C=O) groups is 2. The SMILES string of the molecule is CO[C@H]1[C@H](OC(C)=O)[C@H](O[C@H]2CC[C@@]3(C)[C@@H](CC[C@@H]4[C@@H]3CC[C@]3(C)[C@@H](C5=CC(=O)OC5)CC[C@]43O)C2)O[C@@H](C)[C@@H]1O[C@H]1O[C@@H](CO[C@@H]2O[C@H](CO)[C@@H](O)[C@H](O)[C@H]2O)[C@H](O)[C@@H](O)[C@@H]1O. The van der Waals surface area contributed by atoms with E-state index in [1.54, 1.807) is 13.0 Å². The number of aliphatic hydroxyl groups excluding tert-OH is 7. The fraction of sp³-hybridized carbons (Fsp3) is 0.909. The first-order chi connectivity index (χ1) is 29.8. The molecule has 19 heteroatoms. The first-order valence-corrected chi connectivity index (χ1v) is 22.7. The van der Waals surface area contributed by atoms with Gasteiger partial charge in [0, 0.05) is 25.5 Å². The van der Waals surface area contributed by atoms with Crippen LogP contribution in [0.2, 0.25) is 0 Å². The molecule has 63 heavy (non-hydrogen) atoms. The summed E-state index contributed by atoms with van der Waals surface area (Å²) in [6.07, 6.45) is -12.2. The minimum Gasteiger partial charge on any atom is -0.458 e. The minimum atomic E-state index is -1.80. The van der Waals surface area contributed by atoms with Crippen molar-refractivity contribution in [2.45, 2.75) is 189 Å². The van der Waals surface area contributed by atoms with Crippen LogP contribution < -0.4 is 0 Å². The molecule has 358 valence electrons. The first-order valence-electron chi connectivity index (χ1n) is 22.7. The Hall–Kier alpha value is -1.92. The molecule has 0 unspecified atom stereocenters. The van der Waals surface area contributed by atoms with Crippen molar-refractivity contribution in [3.8, 4) is 0 Å². The first kappa shape index (κ1) is 47.6. The summed E-state index contributed by atoms with van der Waals surface area (Å²) in [4.78, 5) is 24.6. The lowest BCUT2D eigenvalue weighted by molar-refractivity contribution is -0.367. The van der Waals surface area contributed by atoms with Crippen LogP contribution in [0, 0.1) is 34.5 Å². The lowest BCUT2D eigenvalue weighted by Gasteiger charge is -2.64. The van der Waals surface area contributed by atoms with E-state index < -0.39 is 117 Å². The second-order valence-electron chi connectivity index (χ2n) is 20.0. The molecule has 0 aromatic heterocycles. The standard InChI is InChI=1S/C44H68O19/c1-19-36(63-40-35(53)33(51)31(49)28(62-40)18-57-39-34(52)32(50)30(48)27(16-45)61-39)37(55-5)38(59-20(2)46)41(58-19)60-23-8-11-42(3)22(15-23)6-7-26-25(42)9-12-43(4)24(10-13-44(26,43)54)21-14-29(47)56-17-21/h14,19,22-28,30-41,45,48-54H,6-13,15-18H2,1-5H3/t19-,22-,23-,24+,25-,26+,27+,28-,30+,31-,32-,33+,34+,35-,36-,37+,38-,39+,40+,41-,42-,43+,44-/m0/s1. The maximum absolute atomic E-state index is 12.7. The molecule has 8 aliphatic rings. The van der Waals surface area contributed by atoms with Crippen LogP contribution in [0.3, 0.4) is 0 Å². The zero-order valence-corrected chi connectivity index (χ0v) is 36.7. The fourth-order valence-electron chi connectivity index (χ4n) is 13.3. The summed E-state index contributed by atoms with van der Waals surface area (Å²) in [5, 5.41) is 85.6. The second-order valence-corrected chi connectivity index (χ2v) is 20.0. The monoisotopic (exact) mass is 900 g/mol. The zero-order chi connectivity index (χ0) is 45.3. The normalized spacial score (nSPS) is 52.3. The number of hydrogen-bond acceptors (Lipinski definition) is 19. The Bertz CT molecular complexity index is 1680. The van der Waals surface area contributed by atoms with Gasteiger partial charge in [0.15, 0.2) is 25.0 Å². The van der Waals surface area contributed by atoms with Crippen molar-refractivity contribution in [3.63, 3.8) is 0 Å². The van der Waals surface area contributed by atoms with Crippen LogP contribution in [0.25, 0.3) is 0 Å². The van der Waals surface area contributed by atoms with Gasteiger partial charge in [0.1, 0.15) is 67.6 Å². The number of esters is 2. The number of cyclic esters (lactones) is 1. The van der Waals surface area contributed by atoms with Crippen molar-refractivity contribution in [2.24, 2.45) is 34.5 Å². The zero-order valence-electron chi connectivity index (χ0n) is 36.7. The van der Waals surface area contributed by atoms with Crippen LogP contribution in [0.15, 0.2) is 11.6 Å². The Labute approximate surface area is 366 Å². The topological polar surface area (TPSA) is 279 Å². The highest BCUT2D eigenvalue weighted by Crippen LogP contribution is 2.70. The summed E-state index contributed by atoms with van der Waals surface area (Å²) >= 11 is 0. The smallest absolute Gasteiger partial charge is 0.331 e. The maximum Gasteiger partial charge on any atom is 0.331 e. The predicted octanol–water partition coefficient (Wildman–Crippen LogP) is -0.671. The third-order valence-corrected chi connectivity index (χ3v) is 16.8. The highest BCUT2D eigenvalue weighted by Gasteiger charge is 2.68. The van der Waals surface area contributed by atoms with Gasteiger partial charge in [0.05, 0.1) is 31.0 Å². The van der Waals surface area contributed by atoms with E-state index in [9.17, 15) is 50.4 Å². The second kappa shape index (κ2) is 18.3. The van der Waals surface area contributed by atoms with Gasteiger partial charge < -0.3 is 83.5 Å². The molecule has 8 N–H and O–H groups in total. The van der Waals surface area contributed by atoms with Crippen LogP contribution in [-0.4, -0.2) is 184 Å². The third kappa shape index (κ3) is 8.32. The molecule has 0 spiro atoms. The molecule has 3 saturated heterocycles. The number of methoxy groups -OCH3 is 1. The third-order valence-electron chi connectivity index (χ3n) is 16.8. The van der Waals surface area contributed by atoms with E-state index in [0.29, 0.717) is 31.3 Å². The summed E-state index contributed by atoms with van der Waals surface area (Å²) < 4.78 is 53.2. The van der Waals surface area contributed by atoms with Gasteiger partial charge in [0.2, 0.25) is 0 Å². The summed E-state index contributed by atoms with van der Waals surface area (Å²) in [6.45, 7) is 6.62. The number of carbonyl (C=O) groups excluding carboxylic acids is 2. The van der Waals surface area contributed by atoms with E-state index >= 15 is 0 Å². The van der Waals surface area contributed by atoms with E-state index in [1.807, 2.05) is 0 Å². The number of rotatable bonds is 11. The molecular formula is C44H68O19. The molecule has 4 aliphatic heterocycles. The highest BCUT2D eigenvalue weighted by atomic mass is 16.8. The van der Waals surface area contributed by atoms with E-state index in [1.165, 1.54) is 14.0 Å². The average molecular weight is 901 g/mol. The van der Waals surface area contributed by atoms with Crippen molar-refractivity contribution < 1.29 is 93.1 Å². The molecule has 23 atom stereocenters. The lowest BCUT2D eigenvalue weighted by Crippen LogP contribution is -2.65. The quantitative estimate of drug-likeness (QED) is 0.0943. The lowest BCUT2D eigenvalue weighted by atomic mass is 9.43. The highest BCUT2D eigenvalue weighted by molar-refractivity contribution is 5.85. The number of aliphatic hydroxyl groups is 8. The summed E-state index contributed by atoms with van der Waals surface area (Å²) in [7, 11) is 1.40. The van der Waals surface area contributed by atoms with Crippen LogP contribution >= 0.6 is 0 Å². The van der Waals surface area contributed by atoms with Crippen molar-refractivity contribution in [2.75, 3.05) is 26.9 Å². The average Bonchev–Trinajstić information content (AvgIpc) is 3.80. The molecule has 4 heterocycles. The van der Waals surface area contributed by atoms with Gasteiger partial charge in [-0.2, -0.15) is 0 Å². The van der Waals surface area contributed by atoms with E-state index in [2.05, 4.69) is 13.8 Å². The van der Waals surface area contributed by atoms with Gasteiger partial charge in [-0.15, -0.1) is 0 Å². The fourth-order valence-corrected chi connectivity index (χ4v) is 13.3. The largest absolute Gasteiger partial charge is 0.458 e.